The number of nitrogens with zero attached hydrogens (tertiary/aromatic N) is 8. The number of pyridine rings is 2. The summed E-state index contributed by atoms with van der Waals surface area (Å²) in [5, 5.41) is 41.9. The third-order valence-electron chi connectivity index (χ3n) is 7.79. The second kappa shape index (κ2) is 22.9. The van der Waals surface area contributed by atoms with E-state index in [0.717, 1.165) is 27.7 Å². The Kier molecular flexibility index (Phi) is 19.4. The van der Waals surface area contributed by atoms with Crippen LogP contribution < -0.4 is 21.3 Å². The predicted molar refractivity (Wildman–Crippen MR) is 210 cm³/mol. The number of rotatable bonds is 15. The van der Waals surface area contributed by atoms with Gasteiger partial charge in [-0.25, -0.2) is 14.8 Å². The first-order valence-electron chi connectivity index (χ1n) is 18.0. The van der Waals surface area contributed by atoms with Crippen LogP contribution in [-0.2, 0) is 14.4 Å². The molecule has 0 saturated carbocycles. The van der Waals surface area contributed by atoms with Gasteiger partial charge in [0, 0.05) is 0 Å². The maximum Gasteiger partial charge on any atom is 0.408 e. The number of halogens is 14. The maximum atomic E-state index is 12.8. The number of hydrogen-bond acceptors (Lipinski definition) is 16. The van der Waals surface area contributed by atoms with E-state index >= 15 is 0 Å². The van der Waals surface area contributed by atoms with Gasteiger partial charge in [-0.3, -0.25) is 9.59 Å². The number of hydrogen-bond donors (Lipinski definition) is 8. The van der Waals surface area contributed by atoms with Crippen LogP contribution in [0.15, 0.2) is 36.4 Å². The van der Waals surface area contributed by atoms with Crippen molar-refractivity contribution in [2.75, 3.05) is 21.3 Å². The van der Waals surface area contributed by atoms with Gasteiger partial charge in [-0.2, -0.15) is 82.6 Å². The lowest BCUT2D eigenvalue weighted by Gasteiger charge is -2.20. The van der Waals surface area contributed by atoms with Crippen molar-refractivity contribution in [1.82, 2.24) is 39.9 Å². The Balaban J connectivity index is 0.000000368. The number of carboxylic acids is 3. The molecule has 0 saturated heterocycles. The highest BCUT2D eigenvalue weighted by molar-refractivity contribution is 6.29. The van der Waals surface area contributed by atoms with Crippen LogP contribution in [0.5, 0.6) is 0 Å². The summed E-state index contributed by atoms with van der Waals surface area (Å²) < 4.78 is 153. The average molecular weight is 1020 g/mol. The first kappa shape index (κ1) is 56.8. The molecular formula is C34H34Cl2F12N12O7. The molecule has 0 bridgehead atoms. The van der Waals surface area contributed by atoms with Crippen LogP contribution in [0.1, 0.15) is 40.5 Å². The number of aliphatic carboxylic acids is 3. The minimum atomic E-state index is -4.62. The van der Waals surface area contributed by atoms with Gasteiger partial charge in [-0.15, -0.1) is 0 Å². The molecule has 0 amide bonds. The van der Waals surface area contributed by atoms with Crippen molar-refractivity contribution in [2.45, 2.75) is 95.0 Å². The summed E-state index contributed by atoms with van der Waals surface area (Å²) in [6.07, 6.45) is -20.8. The number of aliphatic hydroxyl groups is 1. The highest BCUT2D eigenvalue weighted by Gasteiger charge is 2.42. The number of aromatic nitrogens is 8. The molecule has 0 aliphatic heterocycles. The first-order valence-corrected chi connectivity index (χ1v) is 18.8. The van der Waals surface area contributed by atoms with Gasteiger partial charge in [0.05, 0.1) is 12.8 Å². The highest BCUT2D eigenvalue weighted by Crippen LogP contribution is 2.28. The molecule has 4 atom stereocenters. The molecule has 19 nitrogen and oxygen atoms in total. The Labute approximate surface area is 377 Å². The Morgan fingerprint density at radius 2 is 0.746 bits per heavy atom. The lowest BCUT2D eigenvalue weighted by molar-refractivity contribution is -0.170. The minimum absolute atomic E-state index is 0.0456. The van der Waals surface area contributed by atoms with Crippen LogP contribution in [0.25, 0.3) is 23.0 Å². The van der Waals surface area contributed by atoms with Crippen molar-refractivity contribution in [3.8, 4) is 23.0 Å². The van der Waals surface area contributed by atoms with Crippen molar-refractivity contribution >= 4 is 64.9 Å². The zero-order chi connectivity index (χ0) is 51.5. The molecule has 4 aromatic rings. The van der Waals surface area contributed by atoms with E-state index in [9.17, 15) is 67.1 Å². The van der Waals surface area contributed by atoms with Crippen molar-refractivity contribution < 1.29 is 87.5 Å². The van der Waals surface area contributed by atoms with Crippen LogP contribution in [0.4, 0.5) is 76.5 Å². The smallest absolute Gasteiger partial charge is 0.408 e. The Morgan fingerprint density at radius 1 is 0.493 bits per heavy atom. The van der Waals surface area contributed by atoms with Gasteiger partial charge < -0.3 is 41.7 Å². The summed E-state index contributed by atoms with van der Waals surface area (Å²) in [5.41, 5.74) is -2.64. The zero-order valence-electron chi connectivity index (χ0n) is 34.1. The Morgan fingerprint density at radius 3 is 0.940 bits per heavy atom. The summed E-state index contributed by atoms with van der Waals surface area (Å²) in [5.74, 6) is -7.78. The number of carboxylic acid groups (broad SMARTS) is 3. The fraction of sp³-hybridized carbons (Fsp3) is 0.441. The largest absolute Gasteiger partial charge is 0.481 e. The second-order valence-electron chi connectivity index (χ2n) is 13.4. The summed E-state index contributed by atoms with van der Waals surface area (Å²) in [7, 11) is 0. The normalized spacial score (nSPS) is 13.8. The summed E-state index contributed by atoms with van der Waals surface area (Å²) in [4.78, 5) is 60.6. The van der Waals surface area contributed by atoms with Crippen molar-refractivity contribution in [3.63, 3.8) is 0 Å². The Bertz CT molecular complexity index is 2100. The van der Waals surface area contributed by atoms with E-state index in [1.165, 1.54) is 36.4 Å². The molecule has 4 heterocycles. The summed E-state index contributed by atoms with van der Waals surface area (Å²) in [6.45, 7) is 3.25. The van der Waals surface area contributed by atoms with Gasteiger partial charge in [0.2, 0.25) is 23.8 Å². The molecule has 0 aliphatic rings. The van der Waals surface area contributed by atoms with E-state index in [-0.39, 0.29) is 33.3 Å². The molecule has 4 rings (SSSR count). The second-order valence-corrected chi connectivity index (χ2v) is 14.2. The van der Waals surface area contributed by atoms with Gasteiger partial charge >= 0.3 is 42.6 Å². The molecule has 0 unspecified atom stereocenters. The molecule has 0 radical (unpaired) electrons. The fourth-order valence-electron chi connectivity index (χ4n) is 4.12. The lowest BCUT2D eigenvalue weighted by atomic mass is 9.96. The van der Waals surface area contributed by atoms with Crippen molar-refractivity contribution in [2.24, 2.45) is 0 Å². The lowest BCUT2D eigenvalue weighted by Crippen LogP contribution is -2.42. The van der Waals surface area contributed by atoms with Crippen molar-refractivity contribution in [3.05, 3.63) is 46.7 Å². The highest BCUT2D eigenvalue weighted by atomic mass is 35.5. The fourth-order valence-corrected chi connectivity index (χ4v) is 4.45. The molecule has 8 N–H and O–H groups in total. The average Bonchev–Trinajstić information content (AvgIpc) is 3.16. The number of alkyl halides is 12. The van der Waals surface area contributed by atoms with E-state index in [2.05, 4.69) is 39.9 Å². The van der Waals surface area contributed by atoms with E-state index in [4.69, 9.17) is 43.6 Å². The minimum Gasteiger partial charge on any atom is -0.481 e. The van der Waals surface area contributed by atoms with Gasteiger partial charge in [0.15, 0.2) is 17.2 Å². The summed E-state index contributed by atoms with van der Waals surface area (Å²) in [6, 6.07) is 0.423. The SMILES string of the molecule is C[C@@H](Nc1nc(N[C@H](C)C(F)(F)F)nc(-c2cccc(Cl)n2)n1)C(F)(F)F.C[C@@H](Nc1nc(N[C@H](C)C(F)(F)F)nc(-c2cccc(Cl)n2)n1)C(F)(F)F.O=C(O)CC(O)(CC(=O)O)C(=O)O. The molecule has 370 valence electrons. The summed E-state index contributed by atoms with van der Waals surface area (Å²) >= 11 is 11.5. The van der Waals surface area contributed by atoms with Gasteiger partial charge in [-0.1, -0.05) is 35.3 Å². The van der Waals surface area contributed by atoms with Gasteiger partial charge in [-0.05, 0) is 52.0 Å². The quantitative estimate of drug-likeness (QED) is 0.0426. The van der Waals surface area contributed by atoms with E-state index in [0.29, 0.717) is 0 Å². The molecule has 67 heavy (non-hydrogen) atoms. The molecule has 0 spiro atoms. The van der Waals surface area contributed by atoms with E-state index in [1.807, 2.05) is 21.3 Å². The first-order chi connectivity index (χ1) is 30.5. The number of carbonyl (C=O) groups is 3. The van der Waals surface area contributed by atoms with Crippen LogP contribution in [-0.4, -0.2) is 133 Å². The number of anilines is 4. The Hall–Kier alpha value is -6.37. The topological polar surface area (TPSA) is 283 Å². The molecule has 33 heteroatoms. The van der Waals surface area contributed by atoms with Gasteiger partial charge in [0.25, 0.3) is 0 Å². The van der Waals surface area contributed by atoms with Crippen LogP contribution in [0.2, 0.25) is 10.3 Å². The third kappa shape index (κ3) is 19.2. The molecular weight excluding hydrogens is 987 g/mol. The third-order valence-corrected chi connectivity index (χ3v) is 8.21. The van der Waals surface area contributed by atoms with Crippen LogP contribution in [0.3, 0.4) is 0 Å². The van der Waals surface area contributed by atoms with E-state index in [1.54, 1.807) is 0 Å². The van der Waals surface area contributed by atoms with Gasteiger partial charge in [0.1, 0.15) is 45.9 Å². The molecule has 0 aromatic carbocycles. The predicted octanol–water partition coefficient (Wildman–Crippen LogP) is 7.38. The van der Waals surface area contributed by atoms with Crippen LogP contribution in [0, 0.1) is 0 Å². The molecule has 0 aliphatic carbocycles. The maximum absolute atomic E-state index is 12.8. The standard InChI is InChI=1S/2C14H13ClF6N6.C6H8O7/c2*1-6(13(16,17)18)22-11-25-10(8-4-3-5-9(15)24-8)26-12(27-11)23-7(2)14(19,20)21;7-3(8)1-6(13,5(11)12)2-4(9)10/h2*3-7H,1-2H3,(H2,22,23,25,26,27);13H,1-2H2,(H,7,8)(H,9,10)(H,11,12)/t2*6-,7-;/m11./s1. The van der Waals surface area contributed by atoms with E-state index < -0.39 is 109 Å². The van der Waals surface area contributed by atoms with Crippen LogP contribution >= 0.6 is 23.2 Å². The monoisotopic (exact) mass is 1020 g/mol. The number of nitrogens with one attached hydrogen (secondary N) is 4. The van der Waals surface area contributed by atoms with Crippen molar-refractivity contribution in [1.29, 1.82) is 0 Å². The molecule has 0 fully saturated rings. The zero-order valence-corrected chi connectivity index (χ0v) is 35.6. The molecule has 4 aromatic heterocycles.